The summed E-state index contributed by atoms with van der Waals surface area (Å²) in [5, 5.41) is 5.64. The van der Waals surface area contributed by atoms with E-state index in [1.54, 1.807) is 0 Å². The third kappa shape index (κ3) is 4.07. The lowest BCUT2D eigenvalue weighted by atomic mass is 10.2. The van der Waals surface area contributed by atoms with Gasteiger partial charge in [0.1, 0.15) is 0 Å². The van der Waals surface area contributed by atoms with Crippen molar-refractivity contribution in [2.75, 3.05) is 32.8 Å². The molecule has 0 bridgehead atoms. The highest BCUT2D eigenvalue weighted by Crippen LogP contribution is 2.10. The van der Waals surface area contributed by atoms with E-state index in [1.807, 2.05) is 11.3 Å². The SMILES string of the molecule is CCC1COCCN1CCNCc1cccs1. The van der Waals surface area contributed by atoms with Gasteiger partial charge in [-0.2, -0.15) is 0 Å². The zero-order valence-corrected chi connectivity index (χ0v) is 11.3. The lowest BCUT2D eigenvalue weighted by molar-refractivity contribution is -0.00785. The van der Waals surface area contributed by atoms with Crippen LogP contribution in [0, 0.1) is 0 Å². The van der Waals surface area contributed by atoms with E-state index >= 15 is 0 Å². The molecular formula is C13H22N2OS. The van der Waals surface area contributed by atoms with E-state index in [0.717, 1.165) is 39.4 Å². The summed E-state index contributed by atoms with van der Waals surface area (Å²) in [7, 11) is 0. The second kappa shape index (κ2) is 7.11. The quantitative estimate of drug-likeness (QED) is 0.785. The largest absolute Gasteiger partial charge is 0.378 e. The van der Waals surface area contributed by atoms with Gasteiger partial charge in [-0.1, -0.05) is 13.0 Å². The maximum absolute atomic E-state index is 5.51. The van der Waals surface area contributed by atoms with E-state index in [2.05, 4.69) is 34.7 Å². The summed E-state index contributed by atoms with van der Waals surface area (Å²) in [4.78, 5) is 3.96. The van der Waals surface area contributed by atoms with Crippen LogP contribution in [0.5, 0.6) is 0 Å². The Balaban J connectivity index is 1.63. The first-order chi connectivity index (χ1) is 8.40. The molecule has 17 heavy (non-hydrogen) atoms. The highest BCUT2D eigenvalue weighted by molar-refractivity contribution is 7.09. The van der Waals surface area contributed by atoms with Gasteiger partial charge in [-0.15, -0.1) is 11.3 Å². The number of nitrogens with one attached hydrogen (secondary N) is 1. The second-order valence-corrected chi connectivity index (χ2v) is 5.46. The molecule has 1 aliphatic heterocycles. The van der Waals surface area contributed by atoms with E-state index in [9.17, 15) is 0 Å². The van der Waals surface area contributed by atoms with Crippen LogP contribution < -0.4 is 5.32 Å². The van der Waals surface area contributed by atoms with Crippen molar-refractivity contribution in [3.05, 3.63) is 22.4 Å². The summed E-state index contributed by atoms with van der Waals surface area (Å²) in [6, 6.07) is 4.91. The van der Waals surface area contributed by atoms with Gasteiger partial charge in [0.25, 0.3) is 0 Å². The van der Waals surface area contributed by atoms with Crippen LogP contribution in [0.3, 0.4) is 0 Å². The molecule has 2 rings (SSSR count). The van der Waals surface area contributed by atoms with E-state index in [1.165, 1.54) is 11.3 Å². The molecule has 0 amide bonds. The van der Waals surface area contributed by atoms with Gasteiger partial charge in [0.05, 0.1) is 13.2 Å². The molecule has 0 saturated carbocycles. The minimum atomic E-state index is 0.618. The summed E-state index contributed by atoms with van der Waals surface area (Å²) in [6.45, 7) is 8.31. The van der Waals surface area contributed by atoms with Gasteiger partial charge >= 0.3 is 0 Å². The van der Waals surface area contributed by atoms with Crippen LogP contribution in [0.1, 0.15) is 18.2 Å². The van der Waals surface area contributed by atoms with Crippen LogP contribution in [-0.2, 0) is 11.3 Å². The molecule has 2 heterocycles. The van der Waals surface area contributed by atoms with Crippen LogP contribution >= 0.6 is 11.3 Å². The van der Waals surface area contributed by atoms with Crippen LogP contribution in [0.4, 0.5) is 0 Å². The number of nitrogens with zero attached hydrogens (tertiary/aromatic N) is 1. The third-order valence-electron chi connectivity index (χ3n) is 3.28. The number of hydrogen-bond acceptors (Lipinski definition) is 4. The van der Waals surface area contributed by atoms with Crippen molar-refractivity contribution in [1.82, 2.24) is 10.2 Å². The highest BCUT2D eigenvalue weighted by atomic mass is 32.1. The van der Waals surface area contributed by atoms with Gasteiger partial charge in [0, 0.05) is 37.1 Å². The van der Waals surface area contributed by atoms with Gasteiger partial charge in [0.2, 0.25) is 0 Å². The Hall–Kier alpha value is -0.420. The molecule has 4 heteroatoms. The minimum absolute atomic E-state index is 0.618. The number of thiophene rings is 1. The van der Waals surface area contributed by atoms with Gasteiger partial charge in [-0.3, -0.25) is 4.90 Å². The Kier molecular flexibility index (Phi) is 5.45. The number of ether oxygens (including phenoxy) is 1. The highest BCUT2D eigenvalue weighted by Gasteiger charge is 2.20. The van der Waals surface area contributed by atoms with Crippen molar-refractivity contribution in [2.45, 2.75) is 25.9 Å². The summed E-state index contributed by atoms with van der Waals surface area (Å²) >= 11 is 1.82. The number of hydrogen-bond donors (Lipinski definition) is 1. The smallest absolute Gasteiger partial charge is 0.0622 e. The average Bonchev–Trinajstić information content (AvgIpc) is 2.88. The second-order valence-electron chi connectivity index (χ2n) is 4.43. The molecule has 1 saturated heterocycles. The first kappa shape index (κ1) is 13.0. The molecule has 3 nitrogen and oxygen atoms in total. The molecule has 1 atom stereocenters. The van der Waals surface area contributed by atoms with Crippen molar-refractivity contribution < 1.29 is 4.74 Å². The molecule has 1 fully saturated rings. The minimum Gasteiger partial charge on any atom is -0.378 e. The Labute approximate surface area is 108 Å². The standard InChI is InChI=1S/C13H22N2OS/c1-2-12-11-16-8-7-15(12)6-5-14-10-13-4-3-9-17-13/h3-4,9,12,14H,2,5-8,10-11H2,1H3. The molecule has 1 N–H and O–H groups in total. The fourth-order valence-electron chi connectivity index (χ4n) is 2.21. The number of rotatable bonds is 6. The van der Waals surface area contributed by atoms with Gasteiger partial charge < -0.3 is 10.1 Å². The van der Waals surface area contributed by atoms with E-state index in [0.29, 0.717) is 6.04 Å². The molecule has 0 radical (unpaired) electrons. The van der Waals surface area contributed by atoms with Crippen LogP contribution in [-0.4, -0.2) is 43.8 Å². The van der Waals surface area contributed by atoms with Crippen LogP contribution in [0.2, 0.25) is 0 Å². The van der Waals surface area contributed by atoms with E-state index < -0.39 is 0 Å². The molecule has 0 aromatic carbocycles. The summed E-state index contributed by atoms with van der Waals surface area (Å²) in [5.74, 6) is 0. The zero-order valence-electron chi connectivity index (χ0n) is 10.5. The first-order valence-corrected chi connectivity index (χ1v) is 7.33. The van der Waals surface area contributed by atoms with Crippen molar-refractivity contribution in [1.29, 1.82) is 0 Å². The Morgan fingerprint density at radius 3 is 3.29 bits per heavy atom. The first-order valence-electron chi connectivity index (χ1n) is 6.45. The average molecular weight is 254 g/mol. The fourth-order valence-corrected chi connectivity index (χ4v) is 2.88. The van der Waals surface area contributed by atoms with Crippen molar-refractivity contribution in [3.8, 4) is 0 Å². The zero-order chi connectivity index (χ0) is 11.9. The normalized spacial score (nSPS) is 21.8. The van der Waals surface area contributed by atoms with Crippen LogP contribution in [0.15, 0.2) is 17.5 Å². The maximum Gasteiger partial charge on any atom is 0.0622 e. The van der Waals surface area contributed by atoms with Crippen molar-refractivity contribution in [2.24, 2.45) is 0 Å². The van der Waals surface area contributed by atoms with Crippen LogP contribution in [0.25, 0.3) is 0 Å². The molecule has 0 spiro atoms. The van der Waals surface area contributed by atoms with E-state index in [-0.39, 0.29) is 0 Å². The molecule has 0 aliphatic carbocycles. The van der Waals surface area contributed by atoms with Gasteiger partial charge in [-0.25, -0.2) is 0 Å². The molecule has 1 unspecified atom stereocenters. The molecule has 96 valence electrons. The predicted octanol–water partition coefficient (Wildman–Crippen LogP) is 1.95. The van der Waals surface area contributed by atoms with Gasteiger partial charge in [-0.05, 0) is 17.9 Å². The maximum atomic E-state index is 5.51. The predicted molar refractivity (Wildman–Crippen MR) is 72.5 cm³/mol. The number of morpholine rings is 1. The summed E-state index contributed by atoms with van der Waals surface area (Å²) < 4.78 is 5.51. The molecule has 1 aliphatic rings. The van der Waals surface area contributed by atoms with Crippen molar-refractivity contribution in [3.63, 3.8) is 0 Å². The fraction of sp³-hybridized carbons (Fsp3) is 0.692. The topological polar surface area (TPSA) is 24.5 Å². The van der Waals surface area contributed by atoms with Gasteiger partial charge in [0.15, 0.2) is 0 Å². The lowest BCUT2D eigenvalue weighted by Gasteiger charge is -2.35. The summed E-state index contributed by atoms with van der Waals surface area (Å²) in [6.07, 6.45) is 1.19. The Morgan fingerprint density at radius 2 is 2.53 bits per heavy atom. The third-order valence-corrected chi connectivity index (χ3v) is 4.15. The monoisotopic (exact) mass is 254 g/mol. The Morgan fingerprint density at radius 1 is 1.59 bits per heavy atom. The molecule has 1 aromatic heterocycles. The lowest BCUT2D eigenvalue weighted by Crippen LogP contribution is -2.47. The summed E-state index contributed by atoms with van der Waals surface area (Å²) in [5.41, 5.74) is 0. The van der Waals surface area contributed by atoms with Crippen molar-refractivity contribution >= 4 is 11.3 Å². The molecule has 1 aromatic rings. The Bertz CT molecular complexity index is 302. The van der Waals surface area contributed by atoms with E-state index in [4.69, 9.17) is 4.74 Å². The molecular weight excluding hydrogens is 232 g/mol.